The molecule has 12 heteroatoms. The van der Waals surface area contributed by atoms with Crippen molar-refractivity contribution in [3.05, 3.63) is 95.0 Å². The minimum atomic E-state index is -4.73. The average Bonchev–Trinajstić information content (AvgIpc) is 3.50. The van der Waals surface area contributed by atoms with Crippen molar-refractivity contribution in [2.24, 2.45) is 0 Å². The van der Waals surface area contributed by atoms with Gasteiger partial charge in [-0.25, -0.2) is 9.50 Å². The fraction of sp³-hybridized carbons (Fsp3) is 0.120. The Bertz CT molecular complexity index is 1590. The molecule has 5 aromatic rings. The van der Waals surface area contributed by atoms with E-state index in [4.69, 9.17) is 16.3 Å². The van der Waals surface area contributed by atoms with E-state index < -0.39 is 17.8 Å². The second-order valence-corrected chi connectivity index (χ2v) is 8.50. The van der Waals surface area contributed by atoms with Crippen LogP contribution in [0.5, 0.6) is 5.75 Å². The number of nitrogens with zero attached hydrogens (tertiary/aromatic N) is 5. The predicted octanol–water partition coefficient (Wildman–Crippen LogP) is 5.57. The molecule has 0 radical (unpaired) electrons. The summed E-state index contributed by atoms with van der Waals surface area (Å²) in [6.07, 6.45) is -1.69. The van der Waals surface area contributed by atoms with Crippen molar-refractivity contribution < 1.29 is 22.7 Å². The Hall–Kier alpha value is -4.38. The highest BCUT2D eigenvalue weighted by molar-refractivity contribution is 6.30. The number of amides is 1. The number of alkyl halides is 3. The second-order valence-electron chi connectivity index (χ2n) is 8.06. The summed E-state index contributed by atoms with van der Waals surface area (Å²) in [5.74, 6) is 0.00341. The Labute approximate surface area is 213 Å². The Morgan fingerprint density at radius 2 is 1.89 bits per heavy atom. The quantitative estimate of drug-likeness (QED) is 0.312. The number of ether oxygens (including phenoxy) is 1. The molecule has 0 spiro atoms. The van der Waals surface area contributed by atoms with Crippen molar-refractivity contribution in [1.82, 2.24) is 24.4 Å². The fourth-order valence-electron chi connectivity index (χ4n) is 3.72. The highest BCUT2D eigenvalue weighted by Gasteiger charge is 2.35. The highest BCUT2D eigenvalue weighted by atomic mass is 35.5. The number of hydrogen-bond donors (Lipinski definition) is 1. The maximum absolute atomic E-state index is 13.8. The monoisotopic (exact) mass is 526 g/mol. The van der Waals surface area contributed by atoms with Crippen LogP contribution < -0.4 is 10.1 Å². The molecule has 1 amide bonds. The second kappa shape index (κ2) is 9.58. The number of fused-ring (bicyclic) bond motifs is 1. The van der Waals surface area contributed by atoms with E-state index in [0.29, 0.717) is 33.1 Å². The lowest BCUT2D eigenvalue weighted by atomic mass is 10.1. The Kier molecular flexibility index (Phi) is 6.30. The minimum absolute atomic E-state index is 0.0715. The predicted molar refractivity (Wildman–Crippen MR) is 131 cm³/mol. The number of rotatable bonds is 6. The van der Waals surface area contributed by atoms with Gasteiger partial charge in [0.05, 0.1) is 31.2 Å². The van der Waals surface area contributed by atoms with Crippen molar-refractivity contribution in [3.63, 3.8) is 0 Å². The molecule has 5 rings (SSSR count). The van der Waals surface area contributed by atoms with Crippen molar-refractivity contribution >= 4 is 28.8 Å². The van der Waals surface area contributed by atoms with Gasteiger partial charge in [-0.15, -0.1) is 0 Å². The first-order chi connectivity index (χ1) is 17.7. The standard InChI is InChI=1S/C25H18ClF3N6O2/c1-37-19-4-2-3-15(9-19)13-34-14-18(12-30-34)31-24(36)21-11-23-32-20(16-5-7-17(26)8-6-16)10-22(25(27,28)29)35(23)33-21/h2-12,14H,13H2,1H3,(H,31,36). The number of benzene rings is 2. The Balaban J connectivity index is 1.41. The van der Waals surface area contributed by atoms with Crippen LogP contribution in [0.15, 0.2) is 73.1 Å². The fourth-order valence-corrected chi connectivity index (χ4v) is 3.85. The van der Waals surface area contributed by atoms with E-state index in [0.717, 1.165) is 11.6 Å². The highest BCUT2D eigenvalue weighted by Crippen LogP contribution is 2.32. The smallest absolute Gasteiger partial charge is 0.433 e. The molecule has 3 heterocycles. The number of halogens is 4. The van der Waals surface area contributed by atoms with Crippen LogP contribution in [0.25, 0.3) is 16.9 Å². The van der Waals surface area contributed by atoms with E-state index in [-0.39, 0.29) is 17.0 Å². The largest absolute Gasteiger partial charge is 0.497 e. The van der Waals surface area contributed by atoms with E-state index in [2.05, 4.69) is 20.5 Å². The van der Waals surface area contributed by atoms with Gasteiger partial charge in [-0.05, 0) is 35.9 Å². The van der Waals surface area contributed by atoms with Crippen molar-refractivity contribution in [3.8, 4) is 17.0 Å². The van der Waals surface area contributed by atoms with Gasteiger partial charge >= 0.3 is 6.18 Å². The number of anilines is 1. The normalized spacial score (nSPS) is 11.6. The molecule has 8 nitrogen and oxygen atoms in total. The van der Waals surface area contributed by atoms with Gasteiger partial charge in [-0.2, -0.15) is 23.4 Å². The topological polar surface area (TPSA) is 86.3 Å². The number of carbonyl (C=O) groups excluding carboxylic acids is 1. The zero-order chi connectivity index (χ0) is 26.2. The van der Waals surface area contributed by atoms with Crippen LogP contribution in [0.1, 0.15) is 21.7 Å². The molecule has 2 aromatic carbocycles. The lowest BCUT2D eigenvalue weighted by Gasteiger charge is -2.11. The summed E-state index contributed by atoms with van der Waals surface area (Å²) in [4.78, 5) is 17.1. The summed E-state index contributed by atoms with van der Waals surface area (Å²) >= 11 is 5.89. The van der Waals surface area contributed by atoms with Gasteiger partial charge < -0.3 is 10.1 Å². The summed E-state index contributed by atoms with van der Waals surface area (Å²) in [7, 11) is 1.58. The number of carbonyl (C=O) groups is 1. The molecule has 0 aliphatic heterocycles. The van der Waals surface area contributed by atoms with Crippen LogP contribution in [0, 0.1) is 0 Å². The molecule has 0 atom stereocenters. The first kappa shape index (κ1) is 24.3. The molecule has 3 aromatic heterocycles. The summed E-state index contributed by atoms with van der Waals surface area (Å²) in [5.41, 5.74) is 0.381. The van der Waals surface area contributed by atoms with Gasteiger partial charge in [-0.3, -0.25) is 9.48 Å². The van der Waals surface area contributed by atoms with Crippen molar-refractivity contribution in [2.75, 3.05) is 12.4 Å². The zero-order valence-electron chi connectivity index (χ0n) is 19.2. The molecule has 0 aliphatic rings. The molecule has 0 saturated heterocycles. The minimum Gasteiger partial charge on any atom is -0.497 e. The molecule has 0 fully saturated rings. The van der Waals surface area contributed by atoms with Gasteiger partial charge in [0, 0.05) is 22.8 Å². The van der Waals surface area contributed by atoms with Gasteiger partial charge in [-0.1, -0.05) is 35.9 Å². The summed E-state index contributed by atoms with van der Waals surface area (Å²) in [6.45, 7) is 0.424. The third-order valence-electron chi connectivity index (χ3n) is 5.46. The SMILES string of the molecule is COc1cccc(Cn2cc(NC(=O)c3cc4nc(-c5ccc(Cl)cc5)cc(C(F)(F)F)n4n3)cn2)c1. The molecule has 0 saturated carbocycles. The van der Waals surface area contributed by atoms with Gasteiger partial charge in [0.15, 0.2) is 17.0 Å². The Morgan fingerprint density at radius 3 is 2.62 bits per heavy atom. The van der Waals surface area contributed by atoms with Crippen LogP contribution >= 0.6 is 11.6 Å². The Morgan fingerprint density at radius 1 is 1.11 bits per heavy atom. The van der Waals surface area contributed by atoms with Crippen LogP contribution in [0.3, 0.4) is 0 Å². The van der Waals surface area contributed by atoms with Gasteiger partial charge in [0.25, 0.3) is 5.91 Å². The number of aromatic nitrogens is 5. The molecule has 188 valence electrons. The van der Waals surface area contributed by atoms with Gasteiger partial charge in [0.2, 0.25) is 0 Å². The molecule has 0 bridgehead atoms. The van der Waals surface area contributed by atoms with Crippen LogP contribution in [-0.4, -0.2) is 37.4 Å². The first-order valence-corrected chi connectivity index (χ1v) is 11.3. The van der Waals surface area contributed by atoms with Crippen molar-refractivity contribution in [2.45, 2.75) is 12.7 Å². The van der Waals surface area contributed by atoms with E-state index in [1.54, 1.807) is 42.3 Å². The first-order valence-electron chi connectivity index (χ1n) is 10.9. The summed E-state index contributed by atoms with van der Waals surface area (Å²) in [6, 6.07) is 15.8. The van der Waals surface area contributed by atoms with Gasteiger partial charge in [0.1, 0.15) is 5.75 Å². The van der Waals surface area contributed by atoms with Crippen LogP contribution in [0.4, 0.5) is 18.9 Å². The van der Waals surface area contributed by atoms with E-state index in [1.165, 1.54) is 12.3 Å². The van der Waals surface area contributed by atoms with E-state index in [9.17, 15) is 18.0 Å². The molecule has 0 unspecified atom stereocenters. The lowest BCUT2D eigenvalue weighted by molar-refractivity contribution is -0.142. The molecular weight excluding hydrogens is 509 g/mol. The van der Waals surface area contributed by atoms with Crippen LogP contribution in [-0.2, 0) is 12.7 Å². The zero-order valence-corrected chi connectivity index (χ0v) is 20.0. The average molecular weight is 527 g/mol. The third kappa shape index (κ3) is 5.26. The molecular formula is C25H18ClF3N6O2. The maximum Gasteiger partial charge on any atom is 0.433 e. The van der Waals surface area contributed by atoms with E-state index >= 15 is 0 Å². The summed E-state index contributed by atoms with van der Waals surface area (Å²) < 4.78 is 48.9. The summed E-state index contributed by atoms with van der Waals surface area (Å²) in [5, 5.41) is 11.1. The third-order valence-corrected chi connectivity index (χ3v) is 5.71. The number of hydrogen-bond acceptors (Lipinski definition) is 5. The molecule has 37 heavy (non-hydrogen) atoms. The maximum atomic E-state index is 13.8. The van der Waals surface area contributed by atoms with Crippen molar-refractivity contribution in [1.29, 1.82) is 0 Å². The van der Waals surface area contributed by atoms with Crippen LogP contribution in [0.2, 0.25) is 5.02 Å². The lowest BCUT2D eigenvalue weighted by Crippen LogP contribution is -2.15. The number of methoxy groups -OCH3 is 1. The molecule has 0 aliphatic carbocycles. The number of nitrogens with one attached hydrogen (secondary N) is 1. The van der Waals surface area contributed by atoms with E-state index in [1.807, 2.05) is 24.3 Å². The molecule has 1 N–H and O–H groups in total.